The quantitative estimate of drug-likeness (QED) is 0.672. The summed E-state index contributed by atoms with van der Waals surface area (Å²) in [6, 6.07) is 12.1. The van der Waals surface area contributed by atoms with Crippen molar-refractivity contribution >= 4 is 5.82 Å². The van der Waals surface area contributed by atoms with E-state index in [0.717, 1.165) is 61.3 Å². The first-order chi connectivity index (χ1) is 13.6. The molecule has 0 saturated carbocycles. The standard InChI is InChI=1S/C22H27N5O/c1-16(2)21-23-17(3)13-20(25-21)27-11-9-26(10-12-27)14-19-15-28-22(24-19)18-7-5-4-6-8-18/h4-8,13,15-16H,9-12,14H2,1-3H3. The molecule has 0 unspecified atom stereocenters. The van der Waals surface area contributed by atoms with Gasteiger partial charge < -0.3 is 9.32 Å². The van der Waals surface area contributed by atoms with E-state index >= 15 is 0 Å². The zero-order valence-corrected chi connectivity index (χ0v) is 16.8. The molecule has 2 aromatic heterocycles. The van der Waals surface area contributed by atoms with Crippen LogP contribution >= 0.6 is 0 Å². The van der Waals surface area contributed by atoms with Crippen molar-refractivity contribution in [2.45, 2.75) is 33.2 Å². The molecule has 0 amide bonds. The van der Waals surface area contributed by atoms with Gasteiger partial charge in [-0.05, 0) is 19.1 Å². The van der Waals surface area contributed by atoms with Crippen molar-refractivity contribution in [3.63, 3.8) is 0 Å². The SMILES string of the molecule is Cc1cc(N2CCN(Cc3coc(-c4ccccc4)n3)CC2)nc(C(C)C)n1. The highest BCUT2D eigenvalue weighted by Gasteiger charge is 2.20. The van der Waals surface area contributed by atoms with Crippen LogP contribution < -0.4 is 4.90 Å². The summed E-state index contributed by atoms with van der Waals surface area (Å²) in [7, 11) is 0. The highest BCUT2D eigenvalue weighted by Crippen LogP contribution is 2.21. The van der Waals surface area contributed by atoms with Crippen molar-refractivity contribution in [1.29, 1.82) is 0 Å². The summed E-state index contributed by atoms with van der Waals surface area (Å²) in [5.74, 6) is 3.00. The minimum atomic E-state index is 0.339. The van der Waals surface area contributed by atoms with Crippen molar-refractivity contribution in [2.24, 2.45) is 0 Å². The summed E-state index contributed by atoms with van der Waals surface area (Å²) in [5, 5.41) is 0. The van der Waals surface area contributed by atoms with E-state index in [1.807, 2.05) is 37.3 Å². The number of hydrogen-bond donors (Lipinski definition) is 0. The van der Waals surface area contributed by atoms with Gasteiger partial charge in [0.15, 0.2) is 0 Å². The topological polar surface area (TPSA) is 58.3 Å². The minimum Gasteiger partial charge on any atom is -0.444 e. The molecule has 3 aromatic rings. The van der Waals surface area contributed by atoms with Gasteiger partial charge in [0.2, 0.25) is 5.89 Å². The molecule has 0 radical (unpaired) electrons. The molecule has 1 aromatic carbocycles. The van der Waals surface area contributed by atoms with Gasteiger partial charge in [0.05, 0.1) is 5.69 Å². The normalized spacial score (nSPS) is 15.4. The lowest BCUT2D eigenvalue weighted by atomic mass is 10.2. The molecule has 1 fully saturated rings. The monoisotopic (exact) mass is 377 g/mol. The lowest BCUT2D eigenvalue weighted by Crippen LogP contribution is -2.46. The average Bonchev–Trinajstić information content (AvgIpc) is 3.17. The lowest BCUT2D eigenvalue weighted by Gasteiger charge is -2.35. The van der Waals surface area contributed by atoms with Gasteiger partial charge in [-0.1, -0.05) is 32.0 Å². The molecule has 28 heavy (non-hydrogen) atoms. The molecule has 146 valence electrons. The van der Waals surface area contributed by atoms with E-state index in [9.17, 15) is 0 Å². The second kappa shape index (κ2) is 8.10. The Bertz CT molecular complexity index is 914. The number of nitrogens with zero attached hydrogens (tertiary/aromatic N) is 5. The van der Waals surface area contributed by atoms with Crippen LogP contribution in [0.4, 0.5) is 5.82 Å². The number of aryl methyl sites for hydroxylation is 1. The van der Waals surface area contributed by atoms with Crippen molar-refractivity contribution in [3.05, 3.63) is 59.9 Å². The highest BCUT2D eigenvalue weighted by atomic mass is 16.3. The van der Waals surface area contributed by atoms with Crippen molar-refractivity contribution in [3.8, 4) is 11.5 Å². The predicted molar refractivity (Wildman–Crippen MR) is 110 cm³/mol. The summed E-state index contributed by atoms with van der Waals surface area (Å²) < 4.78 is 5.67. The molecule has 3 heterocycles. The average molecular weight is 377 g/mol. The van der Waals surface area contributed by atoms with Crippen LogP contribution in [-0.4, -0.2) is 46.0 Å². The number of aromatic nitrogens is 3. The maximum Gasteiger partial charge on any atom is 0.226 e. The van der Waals surface area contributed by atoms with Crippen LogP contribution in [0.15, 0.2) is 47.1 Å². The van der Waals surface area contributed by atoms with Gasteiger partial charge in [0.25, 0.3) is 0 Å². The molecule has 1 aliphatic rings. The third-order valence-corrected chi connectivity index (χ3v) is 5.03. The fourth-order valence-electron chi connectivity index (χ4n) is 3.45. The zero-order chi connectivity index (χ0) is 19.5. The molecular weight excluding hydrogens is 350 g/mol. The Morgan fingerprint density at radius 2 is 1.75 bits per heavy atom. The Kier molecular flexibility index (Phi) is 5.39. The van der Waals surface area contributed by atoms with E-state index in [1.165, 1.54) is 0 Å². The van der Waals surface area contributed by atoms with Gasteiger partial charge in [-0.15, -0.1) is 0 Å². The first-order valence-electron chi connectivity index (χ1n) is 9.91. The van der Waals surface area contributed by atoms with Crippen LogP contribution in [0.1, 0.15) is 37.0 Å². The number of rotatable bonds is 5. The summed E-state index contributed by atoms with van der Waals surface area (Å²) in [6.07, 6.45) is 1.78. The Balaban J connectivity index is 1.37. The molecule has 0 bridgehead atoms. The van der Waals surface area contributed by atoms with Gasteiger partial charge in [-0.2, -0.15) is 0 Å². The highest BCUT2D eigenvalue weighted by molar-refractivity contribution is 5.52. The fraction of sp³-hybridized carbons (Fsp3) is 0.409. The van der Waals surface area contributed by atoms with E-state index < -0.39 is 0 Å². The Morgan fingerprint density at radius 1 is 1.00 bits per heavy atom. The smallest absolute Gasteiger partial charge is 0.226 e. The number of hydrogen-bond acceptors (Lipinski definition) is 6. The Morgan fingerprint density at radius 3 is 2.46 bits per heavy atom. The van der Waals surface area contributed by atoms with Crippen LogP contribution in [0.2, 0.25) is 0 Å². The molecule has 4 rings (SSSR count). The van der Waals surface area contributed by atoms with Crippen LogP contribution in [0, 0.1) is 6.92 Å². The molecular formula is C22H27N5O. The first-order valence-corrected chi connectivity index (χ1v) is 9.91. The zero-order valence-electron chi connectivity index (χ0n) is 16.8. The van der Waals surface area contributed by atoms with Gasteiger partial charge in [0.1, 0.15) is 17.9 Å². The molecule has 0 spiro atoms. The minimum absolute atomic E-state index is 0.339. The maximum atomic E-state index is 5.67. The molecule has 0 N–H and O–H groups in total. The summed E-state index contributed by atoms with van der Waals surface area (Å²) in [6.45, 7) is 11.0. The summed E-state index contributed by atoms with van der Waals surface area (Å²) in [5.41, 5.74) is 3.03. The van der Waals surface area contributed by atoms with E-state index in [4.69, 9.17) is 9.40 Å². The second-order valence-electron chi connectivity index (χ2n) is 7.65. The lowest BCUT2D eigenvalue weighted by molar-refractivity contribution is 0.246. The van der Waals surface area contributed by atoms with Crippen molar-refractivity contribution < 1.29 is 4.42 Å². The molecule has 6 heteroatoms. The van der Waals surface area contributed by atoms with Crippen molar-refractivity contribution in [1.82, 2.24) is 19.9 Å². The Labute approximate surface area is 166 Å². The number of oxazole rings is 1. The van der Waals surface area contributed by atoms with E-state index in [2.05, 4.69) is 39.7 Å². The van der Waals surface area contributed by atoms with E-state index in [-0.39, 0.29) is 0 Å². The first kappa shape index (κ1) is 18.6. The third-order valence-electron chi connectivity index (χ3n) is 5.03. The van der Waals surface area contributed by atoms with Gasteiger partial charge >= 0.3 is 0 Å². The van der Waals surface area contributed by atoms with Crippen LogP contribution in [0.5, 0.6) is 0 Å². The van der Waals surface area contributed by atoms with E-state index in [0.29, 0.717) is 11.8 Å². The number of anilines is 1. The predicted octanol–water partition coefficient (Wildman–Crippen LogP) is 3.89. The maximum absolute atomic E-state index is 5.67. The second-order valence-corrected chi connectivity index (χ2v) is 7.65. The third kappa shape index (κ3) is 4.22. The summed E-state index contributed by atoms with van der Waals surface area (Å²) in [4.78, 5) is 18.8. The molecule has 1 saturated heterocycles. The molecule has 0 aliphatic carbocycles. The van der Waals surface area contributed by atoms with Crippen molar-refractivity contribution in [2.75, 3.05) is 31.1 Å². The number of benzene rings is 1. The fourth-order valence-corrected chi connectivity index (χ4v) is 3.45. The van der Waals surface area contributed by atoms with Gasteiger partial charge in [0, 0.05) is 56.0 Å². The summed E-state index contributed by atoms with van der Waals surface area (Å²) >= 11 is 0. The Hall–Kier alpha value is -2.73. The van der Waals surface area contributed by atoms with Gasteiger partial charge in [-0.25, -0.2) is 15.0 Å². The number of piperazine rings is 1. The van der Waals surface area contributed by atoms with Gasteiger partial charge in [-0.3, -0.25) is 4.90 Å². The van der Waals surface area contributed by atoms with Crippen LogP contribution in [0.25, 0.3) is 11.5 Å². The van der Waals surface area contributed by atoms with Crippen LogP contribution in [0.3, 0.4) is 0 Å². The largest absolute Gasteiger partial charge is 0.444 e. The van der Waals surface area contributed by atoms with E-state index in [1.54, 1.807) is 6.26 Å². The molecule has 1 aliphatic heterocycles. The molecule has 0 atom stereocenters. The molecule has 6 nitrogen and oxygen atoms in total. The van der Waals surface area contributed by atoms with Crippen LogP contribution in [-0.2, 0) is 6.54 Å².